The Morgan fingerprint density at radius 3 is 2.67 bits per heavy atom. The van der Waals surface area contributed by atoms with Gasteiger partial charge in [-0.05, 0) is 25.0 Å². The van der Waals surface area contributed by atoms with Gasteiger partial charge in [-0.25, -0.2) is 4.79 Å². The molecule has 0 bridgehead atoms. The molecule has 3 amide bonds. The zero-order valence-electron chi connectivity index (χ0n) is 10.3. The number of benzene rings is 1. The first-order valence-electron chi connectivity index (χ1n) is 6.06. The van der Waals surface area contributed by atoms with Gasteiger partial charge in [0.05, 0.1) is 0 Å². The molecule has 0 saturated carbocycles. The Balaban J connectivity index is 2.02. The number of hydrogen-bond acceptors (Lipinski definition) is 2. The molecule has 0 unspecified atom stereocenters. The summed E-state index contributed by atoms with van der Waals surface area (Å²) in [6.45, 7) is 0.622. The third-order valence-corrected chi connectivity index (χ3v) is 3.09. The molecule has 1 atom stereocenters. The Morgan fingerprint density at radius 2 is 2.00 bits per heavy atom. The fourth-order valence-corrected chi connectivity index (χ4v) is 2.17. The highest BCUT2D eigenvalue weighted by molar-refractivity contribution is 5.94. The second kappa shape index (κ2) is 5.53. The summed E-state index contributed by atoms with van der Waals surface area (Å²) in [5.74, 6) is -0.101. The number of amides is 3. The van der Waals surface area contributed by atoms with E-state index < -0.39 is 0 Å². The van der Waals surface area contributed by atoms with E-state index >= 15 is 0 Å². The van der Waals surface area contributed by atoms with Crippen molar-refractivity contribution in [3.63, 3.8) is 0 Å². The molecular formula is C13H17N3O2. The molecule has 0 aromatic heterocycles. The minimum Gasteiger partial charge on any atom is -0.357 e. The van der Waals surface area contributed by atoms with Crippen LogP contribution in [0.1, 0.15) is 12.8 Å². The Hall–Kier alpha value is -2.04. The van der Waals surface area contributed by atoms with Crippen molar-refractivity contribution < 1.29 is 9.59 Å². The molecule has 0 spiro atoms. The zero-order valence-corrected chi connectivity index (χ0v) is 10.3. The van der Waals surface area contributed by atoms with E-state index in [4.69, 9.17) is 0 Å². The highest BCUT2D eigenvalue weighted by atomic mass is 16.2. The Labute approximate surface area is 106 Å². The summed E-state index contributed by atoms with van der Waals surface area (Å²) >= 11 is 0. The summed E-state index contributed by atoms with van der Waals surface area (Å²) in [6.07, 6.45) is 1.59. The summed E-state index contributed by atoms with van der Waals surface area (Å²) in [4.78, 5) is 25.3. The monoisotopic (exact) mass is 247 g/mol. The van der Waals surface area contributed by atoms with Gasteiger partial charge in [0.15, 0.2) is 0 Å². The number of urea groups is 1. The van der Waals surface area contributed by atoms with Gasteiger partial charge in [-0.1, -0.05) is 18.2 Å². The fraction of sp³-hybridized carbons (Fsp3) is 0.385. The van der Waals surface area contributed by atoms with E-state index in [-0.39, 0.29) is 18.0 Å². The van der Waals surface area contributed by atoms with Gasteiger partial charge in [0.1, 0.15) is 6.04 Å². The second-order valence-corrected chi connectivity index (χ2v) is 4.26. The molecule has 2 rings (SSSR count). The zero-order chi connectivity index (χ0) is 13.0. The van der Waals surface area contributed by atoms with Crippen molar-refractivity contribution in [2.45, 2.75) is 18.9 Å². The number of hydrogen-bond donors (Lipinski definition) is 2. The molecule has 1 aromatic carbocycles. The largest absolute Gasteiger partial charge is 0.357 e. The SMILES string of the molecule is CNC(=O)[C@H]1CCCN1C(=O)Nc1ccccc1. The molecule has 1 heterocycles. The van der Waals surface area contributed by atoms with Crippen LogP contribution in [0.25, 0.3) is 0 Å². The van der Waals surface area contributed by atoms with Crippen LogP contribution in [0.2, 0.25) is 0 Å². The molecule has 1 saturated heterocycles. The molecule has 0 aliphatic carbocycles. The van der Waals surface area contributed by atoms with Crippen LogP contribution >= 0.6 is 0 Å². The Morgan fingerprint density at radius 1 is 1.28 bits per heavy atom. The van der Waals surface area contributed by atoms with E-state index in [1.807, 2.05) is 30.3 Å². The number of likely N-dealkylation sites (tertiary alicyclic amines) is 1. The molecule has 1 aromatic rings. The van der Waals surface area contributed by atoms with Crippen molar-refractivity contribution >= 4 is 17.6 Å². The smallest absolute Gasteiger partial charge is 0.322 e. The van der Waals surface area contributed by atoms with Gasteiger partial charge < -0.3 is 15.5 Å². The van der Waals surface area contributed by atoms with E-state index in [9.17, 15) is 9.59 Å². The molecule has 2 N–H and O–H groups in total. The number of likely N-dealkylation sites (N-methyl/N-ethyl adjacent to an activating group) is 1. The van der Waals surface area contributed by atoms with Crippen LogP contribution in [-0.2, 0) is 4.79 Å². The van der Waals surface area contributed by atoms with E-state index in [0.29, 0.717) is 6.54 Å². The average molecular weight is 247 g/mol. The number of nitrogens with one attached hydrogen (secondary N) is 2. The van der Waals surface area contributed by atoms with Gasteiger partial charge in [-0.3, -0.25) is 4.79 Å². The van der Waals surface area contributed by atoms with Gasteiger partial charge in [-0.2, -0.15) is 0 Å². The lowest BCUT2D eigenvalue weighted by Gasteiger charge is -2.23. The number of carbonyl (C=O) groups is 2. The molecular weight excluding hydrogens is 230 g/mol. The second-order valence-electron chi connectivity index (χ2n) is 4.26. The normalized spacial score (nSPS) is 18.5. The summed E-state index contributed by atoms with van der Waals surface area (Å²) in [6, 6.07) is 8.68. The van der Waals surface area contributed by atoms with Crippen LogP contribution in [0.3, 0.4) is 0 Å². The van der Waals surface area contributed by atoms with Crippen molar-refractivity contribution in [1.82, 2.24) is 10.2 Å². The molecule has 96 valence electrons. The maximum atomic E-state index is 12.1. The van der Waals surface area contributed by atoms with Crippen LogP contribution < -0.4 is 10.6 Å². The number of rotatable bonds is 2. The molecule has 1 fully saturated rings. The van der Waals surface area contributed by atoms with Gasteiger partial charge in [0.25, 0.3) is 0 Å². The first-order chi connectivity index (χ1) is 8.72. The van der Waals surface area contributed by atoms with Crippen LogP contribution in [0.5, 0.6) is 0 Å². The minimum atomic E-state index is -0.348. The number of nitrogens with zero attached hydrogens (tertiary/aromatic N) is 1. The van der Waals surface area contributed by atoms with E-state index in [2.05, 4.69) is 10.6 Å². The predicted octanol–water partition coefficient (Wildman–Crippen LogP) is 1.43. The maximum absolute atomic E-state index is 12.1. The first-order valence-corrected chi connectivity index (χ1v) is 6.06. The van der Waals surface area contributed by atoms with Gasteiger partial charge in [-0.15, -0.1) is 0 Å². The van der Waals surface area contributed by atoms with Crippen LogP contribution in [0.4, 0.5) is 10.5 Å². The van der Waals surface area contributed by atoms with Crippen molar-refractivity contribution in [3.8, 4) is 0 Å². The predicted molar refractivity (Wildman–Crippen MR) is 69.3 cm³/mol. The number of carbonyl (C=O) groups excluding carboxylic acids is 2. The highest BCUT2D eigenvalue weighted by Gasteiger charge is 2.33. The Bertz CT molecular complexity index is 433. The maximum Gasteiger partial charge on any atom is 0.322 e. The summed E-state index contributed by atoms with van der Waals surface area (Å²) in [5, 5.41) is 5.39. The first kappa shape index (κ1) is 12.4. The van der Waals surface area contributed by atoms with Gasteiger partial charge >= 0.3 is 6.03 Å². The summed E-state index contributed by atoms with van der Waals surface area (Å²) < 4.78 is 0. The van der Waals surface area contributed by atoms with Crippen molar-refractivity contribution in [2.75, 3.05) is 18.9 Å². The standard InChI is InChI=1S/C13H17N3O2/c1-14-12(17)11-8-5-9-16(11)13(18)15-10-6-3-2-4-7-10/h2-4,6-7,11H,5,8-9H2,1H3,(H,14,17)(H,15,18)/t11-/m1/s1. The molecule has 18 heavy (non-hydrogen) atoms. The van der Waals surface area contributed by atoms with E-state index in [1.54, 1.807) is 11.9 Å². The summed E-state index contributed by atoms with van der Waals surface area (Å²) in [7, 11) is 1.59. The molecule has 5 heteroatoms. The third-order valence-electron chi connectivity index (χ3n) is 3.09. The van der Waals surface area contributed by atoms with Crippen LogP contribution in [0.15, 0.2) is 30.3 Å². The van der Waals surface area contributed by atoms with Crippen LogP contribution in [0, 0.1) is 0 Å². The average Bonchev–Trinajstić information content (AvgIpc) is 2.88. The molecule has 5 nitrogen and oxygen atoms in total. The minimum absolute atomic E-state index is 0.101. The van der Waals surface area contributed by atoms with Gasteiger partial charge in [0.2, 0.25) is 5.91 Å². The van der Waals surface area contributed by atoms with Crippen molar-refractivity contribution in [1.29, 1.82) is 0 Å². The third kappa shape index (κ3) is 2.61. The molecule has 1 aliphatic rings. The number of anilines is 1. The highest BCUT2D eigenvalue weighted by Crippen LogP contribution is 2.18. The quantitative estimate of drug-likeness (QED) is 0.830. The Kier molecular flexibility index (Phi) is 3.82. The number of para-hydroxylation sites is 1. The van der Waals surface area contributed by atoms with Gasteiger partial charge in [0, 0.05) is 19.3 Å². The topological polar surface area (TPSA) is 61.4 Å². The van der Waals surface area contributed by atoms with E-state index in [1.165, 1.54) is 0 Å². The fourth-order valence-electron chi connectivity index (χ4n) is 2.17. The van der Waals surface area contributed by atoms with E-state index in [0.717, 1.165) is 18.5 Å². The molecule has 0 radical (unpaired) electrons. The van der Waals surface area contributed by atoms with Crippen molar-refractivity contribution in [2.24, 2.45) is 0 Å². The lowest BCUT2D eigenvalue weighted by molar-refractivity contribution is -0.124. The summed E-state index contributed by atoms with van der Waals surface area (Å²) in [5.41, 5.74) is 0.741. The molecule has 1 aliphatic heterocycles. The van der Waals surface area contributed by atoms with Crippen LogP contribution in [-0.4, -0.2) is 36.5 Å². The lowest BCUT2D eigenvalue weighted by atomic mass is 10.2. The van der Waals surface area contributed by atoms with Crippen molar-refractivity contribution in [3.05, 3.63) is 30.3 Å². The lowest BCUT2D eigenvalue weighted by Crippen LogP contribution is -2.46.